The molecule has 0 radical (unpaired) electrons. The number of carboxylic acids is 1. The van der Waals surface area contributed by atoms with E-state index in [0.29, 0.717) is 40.4 Å². The van der Waals surface area contributed by atoms with Gasteiger partial charge in [-0.15, -0.1) is 10.2 Å². The van der Waals surface area contributed by atoms with Crippen LogP contribution in [0.4, 0.5) is 26.3 Å². The summed E-state index contributed by atoms with van der Waals surface area (Å²) in [4.78, 5) is 23.2. The Kier molecular flexibility index (Phi) is 9.45. The van der Waals surface area contributed by atoms with Crippen molar-refractivity contribution >= 4 is 11.9 Å². The van der Waals surface area contributed by atoms with Crippen molar-refractivity contribution in [2.75, 3.05) is 6.54 Å². The molecule has 1 amide bonds. The lowest BCUT2D eigenvalue weighted by molar-refractivity contribution is -0.143. The molecule has 0 spiro atoms. The summed E-state index contributed by atoms with van der Waals surface area (Å²) in [6, 6.07) is 16.5. The van der Waals surface area contributed by atoms with Crippen LogP contribution in [0, 0.1) is 0 Å². The molecule has 0 unspecified atom stereocenters. The number of carbonyl (C=O) groups is 2. The minimum Gasteiger partial charge on any atom is -0.481 e. The van der Waals surface area contributed by atoms with E-state index in [0.717, 1.165) is 31.2 Å². The highest BCUT2D eigenvalue weighted by Gasteiger charge is 2.37. The standard InChI is InChI=1S/C34H29F6N3O3/c35-33(36,37)26-16-25(17-27(18-26)34(38,39)40)29-19-28(22-8-6-21(7-9-22)20-4-2-1-3-5-20)31(43-42-29)23-10-12-24(13-11-23)32(46)41-15-14-30(44)45/h6-13,16-20H,1-5,14-15H2,(H,41,46)(H,44,45). The molecule has 1 heterocycles. The predicted octanol–water partition coefficient (Wildman–Crippen LogP) is 8.77. The van der Waals surface area contributed by atoms with Gasteiger partial charge in [-0.2, -0.15) is 26.3 Å². The Bertz CT molecular complexity index is 1680. The highest BCUT2D eigenvalue weighted by atomic mass is 19.4. The zero-order valence-corrected chi connectivity index (χ0v) is 24.4. The van der Waals surface area contributed by atoms with Crippen LogP contribution in [-0.4, -0.2) is 33.7 Å². The largest absolute Gasteiger partial charge is 0.481 e. The Morgan fingerprint density at radius 1 is 0.739 bits per heavy atom. The third-order valence-electron chi connectivity index (χ3n) is 8.02. The summed E-state index contributed by atoms with van der Waals surface area (Å²) in [5, 5.41) is 19.6. The second-order valence-corrected chi connectivity index (χ2v) is 11.2. The number of halogens is 6. The van der Waals surface area contributed by atoms with Gasteiger partial charge >= 0.3 is 18.3 Å². The average Bonchev–Trinajstić information content (AvgIpc) is 3.04. The van der Waals surface area contributed by atoms with Crippen molar-refractivity contribution in [3.63, 3.8) is 0 Å². The summed E-state index contributed by atoms with van der Waals surface area (Å²) in [6.07, 6.45) is -4.69. The van der Waals surface area contributed by atoms with Gasteiger partial charge in [0.15, 0.2) is 0 Å². The molecule has 6 nitrogen and oxygen atoms in total. The topological polar surface area (TPSA) is 92.2 Å². The first-order chi connectivity index (χ1) is 21.8. The Labute approximate surface area is 260 Å². The molecule has 1 aliphatic rings. The quantitative estimate of drug-likeness (QED) is 0.188. The van der Waals surface area contributed by atoms with Crippen molar-refractivity contribution in [2.45, 2.75) is 56.8 Å². The van der Waals surface area contributed by atoms with Gasteiger partial charge in [0.05, 0.1) is 23.2 Å². The minimum atomic E-state index is -5.02. The van der Waals surface area contributed by atoms with Crippen LogP contribution < -0.4 is 5.32 Å². The summed E-state index contributed by atoms with van der Waals surface area (Å²) in [7, 11) is 0. The van der Waals surface area contributed by atoms with Crippen LogP contribution in [0.3, 0.4) is 0 Å². The maximum Gasteiger partial charge on any atom is 0.416 e. The lowest BCUT2D eigenvalue weighted by Crippen LogP contribution is -2.25. The zero-order valence-electron chi connectivity index (χ0n) is 24.4. The van der Waals surface area contributed by atoms with Crippen molar-refractivity contribution in [3.8, 4) is 33.6 Å². The molecule has 1 aromatic heterocycles. The summed E-state index contributed by atoms with van der Waals surface area (Å²) >= 11 is 0. The molecule has 0 saturated heterocycles. The summed E-state index contributed by atoms with van der Waals surface area (Å²) in [5.41, 5.74) is -0.246. The summed E-state index contributed by atoms with van der Waals surface area (Å²) in [6.45, 7) is -0.0601. The number of carbonyl (C=O) groups excluding carboxylic acids is 1. The van der Waals surface area contributed by atoms with Gasteiger partial charge in [-0.05, 0) is 66.3 Å². The fourth-order valence-electron chi connectivity index (χ4n) is 5.60. The van der Waals surface area contributed by atoms with Gasteiger partial charge < -0.3 is 10.4 Å². The van der Waals surface area contributed by atoms with E-state index >= 15 is 0 Å². The van der Waals surface area contributed by atoms with Gasteiger partial charge in [-0.25, -0.2) is 0 Å². The first-order valence-corrected chi connectivity index (χ1v) is 14.7. The van der Waals surface area contributed by atoms with Crippen LogP contribution >= 0.6 is 0 Å². The Morgan fingerprint density at radius 2 is 1.33 bits per heavy atom. The molecule has 1 aliphatic carbocycles. The van der Waals surface area contributed by atoms with Crippen molar-refractivity contribution in [1.82, 2.24) is 15.5 Å². The number of aliphatic carboxylic acids is 1. The van der Waals surface area contributed by atoms with Crippen LogP contribution in [0.15, 0.2) is 72.8 Å². The maximum absolute atomic E-state index is 13.6. The molecule has 0 atom stereocenters. The lowest BCUT2D eigenvalue weighted by Gasteiger charge is -2.22. The number of rotatable bonds is 8. The van der Waals surface area contributed by atoms with Crippen LogP contribution in [0.1, 0.15) is 71.5 Å². The molecule has 3 aromatic carbocycles. The average molecular weight is 642 g/mol. The number of hydrogen-bond acceptors (Lipinski definition) is 4. The molecule has 1 fully saturated rings. The first-order valence-electron chi connectivity index (χ1n) is 14.7. The van der Waals surface area contributed by atoms with Gasteiger partial charge in [0, 0.05) is 28.8 Å². The maximum atomic E-state index is 13.6. The minimum absolute atomic E-state index is 0.0601. The third kappa shape index (κ3) is 7.72. The summed E-state index contributed by atoms with van der Waals surface area (Å²) < 4.78 is 81.6. The second kappa shape index (κ2) is 13.3. The van der Waals surface area contributed by atoms with Crippen molar-refractivity contribution < 1.29 is 41.0 Å². The second-order valence-electron chi connectivity index (χ2n) is 11.2. The van der Waals surface area contributed by atoms with Gasteiger partial charge in [0.25, 0.3) is 5.91 Å². The van der Waals surface area contributed by atoms with Crippen LogP contribution in [-0.2, 0) is 17.1 Å². The molecule has 240 valence electrons. The fraction of sp³-hybridized carbons (Fsp3) is 0.294. The zero-order chi connectivity index (χ0) is 33.1. The molecule has 0 aliphatic heterocycles. The Balaban J connectivity index is 1.57. The third-order valence-corrected chi connectivity index (χ3v) is 8.02. The van der Waals surface area contributed by atoms with E-state index in [9.17, 15) is 35.9 Å². The van der Waals surface area contributed by atoms with E-state index in [1.54, 1.807) is 12.1 Å². The highest BCUT2D eigenvalue weighted by molar-refractivity contribution is 5.95. The molecule has 0 bridgehead atoms. The SMILES string of the molecule is O=C(O)CCNC(=O)c1ccc(-c2nnc(-c3cc(C(F)(F)F)cc(C(F)(F)F)c3)cc2-c2ccc(C3CCCCC3)cc2)cc1. The molecule has 5 rings (SSSR count). The molecular formula is C34H29F6N3O3. The lowest BCUT2D eigenvalue weighted by atomic mass is 9.83. The van der Waals surface area contributed by atoms with Crippen molar-refractivity contribution in [3.05, 3.63) is 95.1 Å². The molecule has 4 aromatic rings. The number of carboxylic acid groups (broad SMARTS) is 1. The van der Waals surface area contributed by atoms with Gasteiger partial charge in [0.1, 0.15) is 5.69 Å². The van der Waals surface area contributed by atoms with Gasteiger partial charge in [-0.1, -0.05) is 55.7 Å². The van der Waals surface area contributed by atoms with E-state index < -0.39 is 40.9 Å². The van der Waals surface area contributed by atoms with E-state index in [1.165, 1.54) is 24.6 Å². The molecule has 12 heteroatoms. The van der Waals surface area contributed by atoms with E-state index in [4.69, 9.17) is 5.11 Å². The molecule has 46 heavy (non-hydrogen) atoms. The van der Waals surface area contributed by atoms with Gasteiger partial charge in [0.2, 0.25) is 0 Å². The van der Waals surface area contributed by atoms with Crippen LogP contribution in [0.2, 0.25) is 0 Å². The van der Waals surface area contributed by atoms with E-state index in [-0.39, 0.29) is 30.3 Å². The van der Waals surface area contributed by atoms with Crippen molar-refractivity contribution in [2.24, 2.45) is 0 Å². The molecule has 2 N–H and O–H groups in total. The number of alkyl halides is 6. The monoisotopic (exact) mass is 641 g/mol. The summed E-state index contributed by atoms with van der Waals surface area (Å²) in [5.74, 6) is -1.14. The molecule has 1 saturated carbocycles. The van der Waals surface area contributed by atoms with E-state index in [1.807, 2.05) is 24.3 Å². The Hall–Kier alpha value is -4.74. The van der Waals surface area contributed by atoms with E-state index in [2.05, 4.69) is 15.5 Å². The van der Waals surface area contributed by atoms with Crippen LogP contribution in [0.5, 0.6) is 0 Å². The smallest absolute Gasteiger partial charge is 0.416 e. The highest BCUT2D eigenvalue weighted by Crippen LogP contribution is 2.40. The number of nitrogens with zero attached hydrogens (tertiary/aromatic N) is 2. The number of nitrogens with one attached hydrogen (secondary N) is 1. The number of hydrogen-bond donors (Lipinski definition) is 2. The van der Waals surface area contributed by atoms with Crippen LogP contribution in [0.25, 0.3) is 33.6 Å². The number of amides is 1. The normalized spacial score (nSPS) is 14.2. The van der Waals surface area contributed by atoms with Gasteiger partial charge in [-0.3, -0.25) is 9.59 Å². The fourth-order valence-corrected chi connectivity index (χ4v) is 5.60. The number of benzene rings is 3. The van der Waals surface area contributed by atoms with Crippen molar-refractivity contribution in [1.29, 1.82) is 0 Å². The molecular weight excluding hydrogens is 612 g/mol. The predicted molar refractivity (Wildman–Crippen MR) is 159 cm³/mol. The Morgan fingerprint density at radius 3 is 1.89 bits per heavy atom. The first kappa shape index (κ1) is 32.6. The number of aromatic nitrogens is 2.